The molecule has 2 atom stereocenters. The molecule has 9 heteroatoms. The number of hydrogen-bond donors (Lipinski definition) is 2. The van der Waals surface area contributed by atoms with Crippen LogP contribution in [0.1, 0.15) is 45.2 Å². The standard InChI is InChI=1S/C16H23N3O5.ClH/c1-10(2)24-16(21)9-13(18-15(20)8-11(3)17)12-6-4-5-7-14(12)19(22)23;/h4-7,10-11,13H,8-9,17H2,1-3H3,(H,18,20);1H. The zero-order valence-corrected chi connectivity index (χ0v) is 15.2. The highest BCUT2D eigenvalue weighted by Crippen LogP contribution is 2.27. The first-order valence-electron chi connectivity index (χ1n) is 7.68. The average molecular weight is 374 g/mol. The maximum absolute atomic E-state index is 12.0. The van der Waals surface area contributed by atoms with Crippen LogP contribution in [0.3, 0.4) is 0 Å². The Balaban J connectivity index is 0.00000576. The number of nitro benzene ring substituents is 1. The molecule has 1 aromatic carbocycles. The van der Waals surface area contributed by atoms with Crippen LogP contribution in [0.15, 0.2) is 24.3 Å². The summed E-state index contributed by atoms with van der Waals surface area (Å²) in [6, 6.07) is 4.75. The van der Waals surface area contributed by atoms with Crippen molar-refractivity contribution in [1.82, 2.24) is 5.32 Å². The lowest BCUT2D eigenvalue weighted by Gasteiger charge is -2.20. The number of para-hydroxylation sites is 1. The second kappa shape index (κ2) is 10.6. The zero-order chi connectivity index (χ0) is 18.3. The number of nitro groups is 1. The van der Waals surface area contributed by atoms with Crippen LogP contribution in [-0.4, -0.2) is 28.9 Å². The highest BCUT2D eigenvalue weighted by atomic mass is 35.5. The van der Waals surface area contributed by atoms with Gasteiger partial charge in [-0.15, -0.1) is 12.4 Å². The largest absolute Gasteiger partial charge is 0.463 e. The van der Waals surface area contributed by atoms with Crippen molar-refractivity contribution in [3.63, 3.8) is 0 Å². The van der Waals surface area contributed by atoms with E-state index in [9.17, 15) is 19.7 Å². The molecule has 0 heterocycles. The van der Waals surface area contributed by atoms with Crippen molar-refractivity contribution < 1.29 is 19.2 Å². The molecule has 2 unspecified atom stereocenters. The molecule has 0 saturated carbocycles. The van der Waals surface area contributed by atoms with E-state index in [1.165, 1.54) is 18.2 Å². The van der Waals surface area contributed by atoms with E-state index in [4.69, 9.17) is 10.5 Å². The van der Waals surface area contributed by atoms with E-state index in [1.54, 1.807) is 26.8 Å². The first-order valence-corrected chi connectivity index (χ1v) is 7.68. The van der Waals surface area contributed by atoms with E-state index in [-0.39, 0.29) is 54.6 Å². The minimum atomic E-state index is -0.857. The van der Waals surface area contributed by atoms with Crippen molar-refractivity contribution in [1.29, 1.82) is 0 Å². The van der Waals surface area contributed by atoms with Crippen LogP contribution in [-0.2, 0) is 14.3 Å². The van der Waals surface area contributed by atoms with Gasteiger partial charge in [-0.1, -0.05) is 18.2 Å². The van der Waals surface area contributed by atoms with E-state index in [2.05, 4.69) is 5.32 Å². The van der Waals surface area contributed by atoms with Crippen LogP contribution in [0.2, 0.25) is 0 Å². The molecule has 1 amide bonds. The van der Waals surface area contributed by atoms with Gasteiger partial charge in [0.2, 0.25) is 5.91 Å². The lowest BCUT2D eigenvalue weighted by atomic mass is 10.0. The molecule has 0 aromatic heterocycles. The van der Waals surface area contributed by atoms with Crippen LogP contribution in [0.4, 0.5) is 5.69 Å². The van der Waals surface area contributed by atoms with E-state index in [1.807, 2.05) is 0 Å². The van der Waals surface area contributed by atoms with Gasteiger partial charge in [-0.05, 0) is 20.8 Å². The SMILES string of the molecule is CC(N)CC(=O)NC(CC(=O)OC(C)C)c1ccccc1[N+](=O)[O-].Cl. The molecule has 0 spiro atoms. The maximum Gasteiger partial charge on any atom is 0.308 e. The average Bonchev–Trinajstić information content (AvgIpc) is 2.44. The predicted molar refractivity (Wildman–Crippen MR) is 95.3 cm³/mol. The number of rotatable bonds is 8. The maximum atomic E-state index is 12.0. The van der Waals surface area contributed by atoms with Crippen LogP contribution < -0.4 is 11.1 Å². The van der Waals surface area contributed by atoms with E-state index < -0.39 is 16.9 Å². The smallest absolute Gasteiger partial charge is 0.308 e. The van der Waals surface area contributed by atoms with Crippen molar-refractivity contribution in [2.24, 2.45) is 5.73 Å². The molecule has 25 heavy (non-hydrogen) atoms. The Morgan fingerprint density at radius 3 is 2.36 bits per heavy atom. The Morgan fingerprint density at radius 2 is 1.84 bits per heavy atom. The summed E-state index contributed by atoms with van der Waals surface area (Å²) in [4.78, 5) is 34.6. The van der Waals surface area contributed by atoms with Crippen LogP contribution >= 0.6 is 12.4 Å². The molecule has 0 aliphatic carbocycles. The van der Waals surface area contributed by atoms with Crippen molar-refractivity contribution in [3.05, 3.63) is 39.9 Å². The molecule has 0 aliphatic heterocycles. The molecule has 140 valence electrons. The van der Waals surface area contributed by atoms with Gasteiger partial charge in [-0.2, -0.15) is 0 Å². The van der Waals surface area contributed by atoms with Crippen molar-refractivity contribution in [3.8, 4) is 0 Å². The minimum absolute atomic E-state index is 0. The molecule has 1 aromatic rings. The fourth-order valence-electron chi connectivity index (χ4n) is 2.21. The summed E-state index contributed by atoms with van der Waals surface area (Å²) in [5.74, 6) is -0.931. The Kier molecular flexibility index (Phi) is 9.70. The third-order valence-corrected chi connectivity index (χ3v) is 3.09. The van der Waals surface area contributed by atoms with Gasteiger partial charge in [0.15, 0.2) is 0 Å². The molecule has 0 bridgehead atoms. The van der Waals surface area contributed by atoms with Gasteiger partial charge in [0.1, 0.15) is 0 Å². The number of halogens is 1. The second-order valence-electron chi connectivity index (χ2n) is 5.86. The minimum Gasteiger partial charge on any atom is -0.463 e. The van der Waals surface area contributed by atoms with Crippen molar-refractivity contribution >= 4 is 30.0 Å². The fourth-order valence-corrected chi connectivity index (χ4v) is 2.21. The first-order chi connectivity index (χ1) is 11.2. The van der Waals surface area contributed by atoms with Gasteiger partial charge >= 0.3 is 5.97 Å². The Morgan fingerprint density at radius 1 is 1.24 bits per heavy atom. The third-order valence-electron chi connectivity index (χ3n) is 3.09. The van der Waals surface area contributed by atoms with Gasteiger partial charge in [0.25, 0.3) is 5.69 Å². The quantitative estimate of drug-likeness (QED) is 0.409. The number of nitrogens with two attached hydrogens (primary N) is 1. The second-order valence-corrected chi connectivity index (χ2v) is 5.86. The lowest BCUT2D eigenvalue weighted by Crippen LogP contribution is -2.34. The number of ether oxygens (including phenoxy) is 1. The summed E-state index contributed by atoms with van der Waals surface area (Å²) in [6.07, 6.45) is -0.465. The molecular weight excluding hydrogens is 350 g/mol. The Hall–Kier alpha value is -2.19. The third kappa shape index (κ3) is 7.95. The number of nitrogens with zero attached hydrogens (tertiary/aromatic N) is 1. The van der Waals surface area contributed by atoms with Gasteiger partial charge in [0.05, 0.1) is 29.1 Å². The normalized spacial score (nSPS) is 12.7. The number of esters is 1. The molecule has 0 saturated heterocycles. The van der Waals surface area contributed by atoms with Gasteiger partial charge in [-0.3, -0.25) is 19.7 Å². The molecule has 1 rings (SSSR count). The summed E-state index contributed by atoms with van der Waals surface area (Å²) >= 11 is 0. The highest BCUT2D eigenvalue weighted by molar-refractivity contribution is 5.85. The monoisotopic (exact) mass is 373 g/mol. The van der Waals surface area contributed by atoms with Gasteiger partial charge in [-0.25, -0.2) is 0 Å². The van der Waals surface area contributed by atoms with E-state index >= 15 is 0 Å². The molecule has 0 radical (unpaired) electrons. The summed E-state index contributed by atoms with van der Waals surface area (Å²) in [6.45, 7) is 5.08. The highest BCUT2D eigenvalue weighted by Gasteiger charge is 2.26. The van der Waals surface area contributed by atoms with E-state index in [0.29, 0.717) is 0 Å². The van der Waals surface area contributed by atoms with Crippen LogP contribution in [0.25, 0.3) is 0 Å². The van der Waals surface area contributed by atoms with Crippen molar-refractivity contribution in [2.45, 2.75) is 51.8 Å². The number of carbonyl (C=O) groups is 2. The molecular formula is C16H24ClN3O5. The fraction of sp³-hybridized carbons (Fsp3) is 0.500. The van der Waals surface area contributed by atoms with Gasteiger partial charge in [0, 0.05) is 18.5 Å². The zero-order valence-electron chi connectivity index (χ0n) is 14.4. The summed E-state index contributed by atoms with van der Waals surface area (Å²) < 4.78 is 5.08. The molecule has 0 aliphatic rings. The van der Waals surface area contributed by atoms with Crippen LogP contribution in [0.5, 0.6) is 0 Å². The molecule has 0 fully saturated rings. The number of carbonyl (C=O) groups excluding carboxylic acids is 2. The van der Waals surface area contributed by atoms with Crippen molar-refractivity contribution in [2.75, 3.05) is 0 Å². The molecule has 3 N–H and O–H groups in total. The van der Waals surface area contributed by atoms with Gasteiger partial charge < -0.3 is 15.8 Å². The lowest BCUT2D eigenvalue weighted by molar-refractivity contribution is -0.385. The Labute approximate surface area is 152 Å². The summed E-state index contributed by atoms with van der Waals surface area (Å²) in [7, 11) is 0. The Bertz CT molecular complexity index is 583. The number of nitrogens with one attached hydrogen (secondary N) is 1. The van der Waals surface area contributed by atoms with Crippen LogP contribution in [0, 0.1) is 10.1 Å². The summed E-state index contributed by atoms with van der Waals surface area (Å²) in [5.41, 5.74) is 5.68. The summed E-state index contributed by atoms with van der Waals surface area (Å²) in [5, 5.41) is 13.8. The van der Waals surface area contributed by atoms with E-state index in [0.717, 1.165) is 0 Å². The number of amides is 1. The number of benzene rings is 1. The predicted octanol–water partition coefficient (Wildman–Crippen LogP) is 2.25. The topological polar surface area (TPSA) is 125 Å². The first kappa shape index (κ1) is 22.8. The number of hydrogen-bond acceptors (Lipinski definition) is 6. The molecule has 8 nitrogen and oxygen atoms in total.